The fourth-order valence-corrected chi connectivity index (χ4v) is 9.14. The van der Waals surface area contributed by atoms with E-state index >= 15 is 0 Å². The van der Waals surface area contributed by atoms with Gasteiger partial charge in [-0.15, -0.1) is 89.0 Å². The van der Waals surface area contributed by atoms with Gasteiger partial charge in [-0.3, -0.25) is 4.98 Å². The fraction of sp³-hybridized carbons (Fsp3) is 0.0469. The van der Waals surface area contributed by atoms with Gasteiger partial charge < -0.3 is 14.5 Å². The first-order chi connectivity index (χ1) is 33.6. The monoisotopic (exact) mass is 1060 g/mol. The van der Waals surface area contributed by atoms with Crippen LogP contribution in [-0.2, 0) is 40.0 Å². The maximum Gasteiger partial charge on any atom is 3.00 e. The van der Waals surface area contributed by atoms with Crippen molar-refractivity contribution < 1.29 is 20.1 Å². The zero-order chi connectivity index (χ0) is 45.7. The number of imidazole rings is 1. The Labute approximate surface area is 418 Å². The van der Waals surface area contributed by atoms with Crippen molar-refractivity contribution in [2.45, 2.75) is 12.8 Å². The maximum atomic E-state index is 4.72. The summed E-state index contributed by atoms with van der Waals surface area (Å²) in [4.78, 5) is 13.8. The van der Waals surface area contributed by atoms with Crippen molar-refractivity contribution in [3.63, 3.8) is 0 Å². The number of pyridine rings is 2. The molecule has 0 fully saturated rings. The number of aryl methyl sites for hydroxylation is 3. The molecule has 11 rings (SSSR count). The van der Waals surface area contributed by atoms with Crippen molar-refractivity contribution in [3.8, 4) is 101 Å². The number of benzene rings is 8. The van der Waals surface area contributed by atoms with E-state index in [0.29, 0.717) is 0 Å². The van der Waals surface area contributed by atoms with E-state index in [9.17, 15) is 0 Å². The van der Waals surface area contributed by atoms with Crippen molar-refractivity contribution in [1.29, 1.82) is 0 Å². The third kappa shape index (κ3) is 9.70. The Morgan fingerprint density at radius 1 is 0.362 bits per heavy atom. The summed E-state index contributed by atoms with van der Waals surface area (Å²) in [6.45, 7) is 0. The first-order valence-corrected chi connectivity index (χ1v) is 23.0. The van der Waals surface area contributed by atoms with E-state index in [2.05, 4.69) is 198 Å². The van der Waals surface area contributed by atoms with Crippen LogP contribution in [0.15, 0.2) is 231 Å². The van der Waals surface area contributed by atoms with Gasteiger partial charge in [0.2, 0.25) is 0 Å². The molecule has 8 aromatic carbocycles. The molecule has 0 radical (unpaired) electrons. The number of nitrogens with zero attached hydrogens (tertiary/aromatic N) is 4. The quantitative estimate of drug-likeness (QED) is 0.115. The van der Waals surface area contributed by atoms with Crippen LogP contribution in [0.5, 0.6) is 0 Å². The Hall–Kier alpha value is -8.08. The molecular weight excluding hydrogens is 1020 g/mol. The van der Waals surface area contributed by atoms with Crippen LogP contribution in [0.1, 0.15) is 11.1 Å². The van der Waals surface area contributed by atoms with Crippen molar-refractivity contribution in [2.75, 3.05) is 0 Å². The van der Waals surface area contributed by atoms with Crippen LogP contribution in [0.25, 0.3) is 101 Å². The summed E-state index contributed by atoms with van der Waals surface area (Å²) in [5, 5.41) is 0. The standard InChI is InChI=1S/C64H45N4.Ir/c1-68-40-39-67-64(68)52-25-23-45(24-26-52)21-22-46-41-54(57-16-6-5-15-56(57)49-31-33-51(34-32-49)62-19-9-11-37-65-62)43-55(42-46)58-17-7-8-18-59(58)60-36-35-53(63-20-10-12-38-66-63)44-61(60)50-29-27-48(28-30-50)47-13-3-2-4-14-47;/h2-20,23-25,27-33,36-44H,21-22H2,1H3;/q-3;+3. The molecule has 3 heterocycles. The minimum Gasteiger partial charge on any atom is -0.373 e. The molecule has 69 heavy (non-hydrogen) atoms. The molecule has 0 N–H and O–H groups in total. The average molecular weight is 1060 g/mol. The van der Waals surface area contributed by atoms with E-state index in [-0.39, 0.29) is 20.1 Å². The zero-order valence-electron chi connectivity index (χ0n) is 38.0. The van der Waals surface area contributed by atoms with E-state index in [1.54, 1.807) is 0 Å². The molecule has 0 amide bonds. The second-order valence-electron chi connectivity index (χ2n) is 17.0. The molecule has 11 aromatic rings. The second kappa shape index (κ2) is 20.4. The number of rotatable bonds is 12. The number of hydrogen-bond acceptors (Lipinski definition) is 3. The van der Waals surface area contributed by atoms with Gasteiger partial charge in [0.05, 0.1) is 5.82 Å². The molecule has 0 spiro atoms. The molecule has 330 valence electrons. The molecule has 0 saturated heterocycles. The summed E-state index contributed by atoms with van der Waals surface area (Å²) < 4.78 is 2.03. The topological polar surface area (TPSA) is 43.6 Å². The van der Waals surface area contributed by atoms with Gasteiger partial charge >= 0.3 is 20.1 Å². The molecule has 0 saturated carbocycles. The Morgan fingerprint density at radius 2 is 0.913 bits per heavy atom. The first kappa shape index (κ1) is 44.7. The van der Waals surface area contributed by atoms with Crippen molar-refractivity contribution in [3.05, 3.63) is 260 Å². The first-order valence-electron chi connectivity index (χ1n) is 23.0. The molecule has 3 aromatic heterocycles. The van der Waals surface area contributed by atoms with Gasteiger partial charge in [0.25, 0.3) is 0 Å². The largest absolute Gasteiger partial charge is 3.00 e. The summed E-state index contributed by atoms with van der Waals surface area (Å²) in [5.41, 5.74) is 20.9. The molecule has 0 aliphatic carbocycles. The summed E-state index contributed by atoms with van der Waals surface area (Å²) in [6.07, 6.45) is 9.16. The van der Waals surface area contributed by atoms with E-state index in [1.807, 2.05) is 72.8 Å². The Bertz CT molecular complexity index is 3480. The fourth-order valence-electron chi connectivity index (χ4n) is 9.14. The van der Waals surface area contributed by atoms with Crippen molar-refractivity contribution in [2.24, 2.45) is 7.05 Å². The summed E-state index contributed by atoms with van der Waals surface area (Å²) in [6, 6.07) is 84.0. The second-order valence-corrected chi connectivity index (χ2v) is 17.0. The SMILES string of the molecule is Cn1ccnc1-c1[c-]cc(CCc2cc(-c3ccccc3-c3c[c-]c(-c4ccccn4)cc3)cc(-c3ccccc3-c3c[c-]c(-c4ccccn4)cc3-c3ccc(-c4ccccc4)cc3)c2)cc1.[Ir+3]. The zero-order valence-corrected chi connectivity index (χ0v) is 40.4. The minimum absolute atomic E-state index is 0. The summed E-state index contributed by atoms with van der Waals surface area (Å²) in [5.74, 6) is 0.909. The van der Waals surface area contributed by atoms with Gasteiger partial charge in [-0.05, 0) is 80.5 Å². The normalized spacial score (nSPS) is 11.0. The summed E-state index contributed by atoms with van der Waals surface area (Å²) >= 11 is 0. The van der Waals surface area contributed by atoms with Crippen LogP contribution in [0.2, 0.25) is 0 Å². The number of hydrogen-bond donors (Lipinski definition) is 0. The van der Waals surface area contributed by atoms with E-state index < -0.39 is 0 Å². The van der Waals surface area contributed by atoms with E-state index in [0.717, 1.165) is 102 Å². The van der Waals surface area contributed by atoms with E-state index in [1.165, 1.54) is 22.3 Å². The summed E-state index contributed by atoms with van der Waals surface area (Å²) in [7, 11) is 2.01. The molecule has 0 aliphatic rings. The Morgan fingerprint density at radius 3 is 1.54 bits per heavy atom. The van der Waals surface area contributed by atoms with Gasteiger partial charge in [-0.1, -0.05) is 174 Å². The third-order valence-electron chi connectivity index (χ3n) is 12.7. The van der Waals surface area contributed by atoms with Crippen LogP contribution in [0.3, 0.4) is 0 Å². The molecule has 0 bridgehead atoms. The van der Waals surface area contributed by atoms with Gasteiger partial charge in [-0.25, -0.2) is 0 Å². The Balaban J connectivity index is 0.00000553. The van der Waals surface area contributed by atoms with Gasteiger partial charge in [0, 0.05) is 31.8 Å². The van der Waals surface area contributed by atoms with Crippen LogP contribution >= 0.6 is 0 Å². The van der Waals surface area contributed by atoms with Crippen molar-refractivity contribution in [1.82, 2.24) is 19.5 Å². The van der Waals surface area contributed by atoms with Crippen LogP contribution in [0, 0.1) is 18.2 Å². The third-order valence-corrected chi connectivity index (χ3v) is 12.7. The molecule has 0 atom stereocenters. The van der Waals surface area contributed by atoms with Gasteiger partial charge in [-0.2, -0.15) is 0 Å². The molecule has 0 aliphatic heterocycles. The van der Waals surface area contributed by atoms with Crippen LogP contribution in [0.4, 0.5) is 0 Å². The van der Waals surface area contributed by atoms with Crippen LogP contribution < -0.4 is 0 Å². The Kier molecular flexibility index (Phi) is 13.2. The molecular formula is C64H45IrN4. The molecule has 4 nitrogen and oxygen atoms in total. The number of aromatic nitrogens is 4. The minimum atomic E-state index is 0. The average Bonchev–Trinajstić information content (AvgIpc) is 3.86. The predicted molar refractivity (Wildman–Crippen MR) is 278 cm³/mol. The van der Waals surface area contributed by atoms with Gasteiger partial charge in [0.1, 0.15) is 0 Å². The van der Waals surface area contributed by atoms with Gasteiger partial charge in [0.15, 0.2) is 0 Å². The molecule has 5 heteroatoms. The van der Waals surface area contributed by atoms with E-state index in [4.69, 9.17) is 4.98 Å². The predicted octanol–water partition coefficient (Wildman–Crippen LogP) is 15.4. The van der Waals surface area contributed by atoms with Crippen molar-refractivity contribution >= 4 is 0 Å². The molecule has 0 unspecified atom stereocenters. The van der Waals surface area contributed by atoms with Crippen LogP contribution in [-0.4, -0.2) is 19.5 Å². The smallest absolute Gasteiger partial charge is 0.373 e. The maximum absolute atomic E-state index is 4.72.